The number of amides is 1. The maximum Gasteiger partial charge on any atom is 0.279 e. The highest BCUT2D eigenvalue weighted by Crippen LogP contribution is 2.44. The fourth-order valence-corrected chi connectivity index (χ4v) is 5.22. The van der Waals surface area contributed by atoms with E-state index in [2.05, 4.69) is 69.8 Å². The van der Waals surface area contributed by atoms with Crippen molar-refractivity contribution in [3.05, 3.63) is 35.4 Å². The molecule has 3 rings (SSSR count). The van der Waals surface area contributed by atoms with Crippen molar-refractivity contribution < 1.29 is 9.53 Å². The number of aryl methyl sites for hydroxylation is 2. The summed E-state index contributed by atoms with van der Waals surface area (Å²) in [5, 5.41) is 9.57. The number of nitrogens with zero attached hydrogens (tertiary/aromatic N) is 2. The topological polar surface area (TPSA) is 53.3 Å². The smallest absolute Gasteiger partial charge is 0.279 e. The lowest BCUT2D eigenvalue weighted by molar-refractivity contribution is -0.146. The lowest BCUT2D eigenvalue weighted by Gasteiger charge is -2.48. The van der Waals surface area contributed by atoms with Crippen molar-refractivity contribution in [2.45, 2.75) is 109 Å². The van der Waals surface area contributed by atoms with Crippen LogP contribution in [0.1, 0.15) is 83.8 Å². The summed E-state index contributed by atoms with van der Waals surface area (Å²) >= 11 is 0. The van der Waals surface area contributed by atoms with Crippen LogP contribution in [0.2, 0.25) is 11.1 Å². The minimum Gasteiger partial charge on any atom is -0.379 e. The molecule has 2 saturated carbocycles. The van der Waals surface area contributed by atoms with Crippen LogP contribution in [0.5, 0.6) is 0 Å². The van der Waals surface area contributed by atoms with Crippen molar-refractivity contribution in [1.82, 2.24) is 4.90 Å². The third kappa shape index (κ3) is 5.96. The second kappa shape index (κ2) is 10.4. The Balaban J connectivity index is 1.58. The minimum atomic E-state index is -0.357. The Morgan fingerprint density at radius 1 is 1.09 bits per heavy atom. The van der Waals surface area contributed by atoms with Gasteiger partial charge in [-0.05, 0) is 63.1 Å². The summed E-state index contributed by atoms with van der Waals surface area (Å²) in [5.74, 6) is 3.30. The lowest BCUT2D eigenvalue weighted by atomic mass is 9.26. The molecule has 0 aliphatic heterocycles. The number of rotatable bonds is 11. The van der Waals surface area contributed by atoms with Gasteiger partial charge in [0.15, 0.2) is 0 Å². The van der Waals surface area contributed by atoms with Gasteiger partial charge in [0.1, 0.15) is 0 Å². The summed E-state index contributed by atoms with van der Waals surface area (Å²) in [5.41, 5.74) is 2.10. The maximum absolute atomic E-state index is 13.3. The van der Waals surface area contributed by atoms with Gasteiger partial charge in [-0.3, -0.25) is 4.79 Å². The van der Waals surface area contributed by atoms with Gasteiger partial charge in [0.2, 0.25) is 5.91 Å². The normalized spacial score (nSPS) is 17.2. The van der Waals surface area contributed by atoms with Crippen LogP contribution in [0.4, 0.5) is 0 Å². The van der Waals surface area contributed by atoms with Crippen LogP contribution >= 0.6 is 0 Å². The van der Waals surface area contributed by atoms with E-state index in [9.17, 15) is 10.1 Å². The monoisotopic (exact) mass is 436 g/mol. The summed E-state index contributed by atoms with van der Waals surface area (Å²) < 4.78 is 6.25. The molecule has 2 fully saturated rings. The predicted octanol–water partition coefficient (Wildman–Crippen LogP) is 6.00. The molecule has 1 amide bonds. The minimum absolute atomic E-state index is 0.0400. The lowest BCUT2D eigenvalue weighted by Crippen LogP contribution is -2.57. The average Bonchev–Trinajstić information content (AvgIpc) is 2.65. The Hall–Kier alpha value is -1.80. The van der Waals surface area contributed by atoms with Crippen molar-refractivity contribution in [3.8, 4) is 5.97 Å². The zero-order valence-electron chi connectivity index (χ0n) is 20.8. The van der Waals surface area contributed by atoms with Gasteiger partial charge in [-0.2, -0.15) is 0 Å². The molecule has 0 radical (unpaired) electrons. The van der Waals surface area contributed by atoms with Crippen LogP contribution in [-0.2, 0) is 16.0 Å². The van der Waals surface area contributed by atoms with E-state index in [-0.39, 0.29) is 23.5 Å². The van der Waals surface area contributed by atoms with Gasteiger partial charge in [-0.15, -0.1) is 0 Å². The van der Waals surface area contributed by atoms with Crippen LogP contribution in [0.25, 0.3) is 0 Å². The number of carbonyl (C=O) groups excluding carboxylic acids is 1. The summed E-state index contributed by atoms with van der Waals surface area (Å²) in [6.45, 7) is 11.8. The van der Waals surface area contributed by atoms with E-state index in [0.29, 0.717) is 31.5 Å². The molecule has 0 atom stereocenters. The van der Waals surface area contributed by atoms with E-state index in [1.54, 1.807) is 0 Å². The molecular formula is C27H41BN2O2. The van der Waals surface area contributed by atoms with Crippen molar-refractivity contribution in [2.24, 2.45) is 0 Å². The van der Waals surface area contributed by atoms with Gasteiger partial charge in [-0.25, -0.2) is 5.26 Å². The molecule has 1 aromatic carbocycles. The first-order valence-electron chi connectivity index (χ1n) is 12.5. The van der Waals surface area contributed by atoms with Crippen molar-refractivity contribution >= 4 is 12.6 Å². The van der Waals surface area contributed by atoms with Crippen LogP contribution in [0.3, 0.4) is 0 Å². The van der Waals surface area contributed by atoms with Crippen LogP contribution in [-0.4, -0.2) is 42.3 Å². The Morgan fingerprint density at radius 3 is 2.22 bits per heavy atom. The van der Waals surface area contributed by atoms with Gasteiger partial charge in [0, 0.05) is 25.0 Å². The first kappa shape index (κ1) is 24.8. The molecule has 0 heterocycles. The molecule has 0 bridgehead atoms. The first-order valence-corrected chi connectivity index (χ1v) is 12.5. The van der Waals surface area contributed by atoms with E-state index < -0.39 is 0 Å². The van der Waals surface area contributed by atoms with Gasteiger partial charge in [-0.1, -0.05) is 62.9 Å². The Morgan fingerprint density at radius 2 is 1.72 bits per heavy atom. The van der Waals surface area contributed by atoms with Gasteiger partial charge < -0.3 is 9.64 Å². The Bertz CT molecular complexity index is 804. The molecule has 32 heavy (non-hydrogen) atoms. The zero-order chi connectivity index (χ0) is 23.4. The highest BCUT2D eigenvalue weighted by atomic mass is 16.5. The molecule has 0 N–H and O–H groups in total. The van der Waals surface area contributed by atoms with Gasteiger partial charge in [0.05, 0.1) is 12.1 Å². The van der Waals surface area contributed by atoms with E-state index in [1.165, 1.54) is 24.0 Å². The standard InChI is InChI=1S/C27H41BN2O2/c1-21-12-14-22(15-13-21)16-17-25(31)30(24-10-7-11-24)27(4,5)19-32-18-26(2,3)28(20-29)23-8-6-9-23/h12-15,23-24H,6-11,16-19H2,1-5H3. The number of ether oxygens (including phenoxy) is 1. The second-order valence-electron chi connectivity index (χ2n) is 11.4. The highest BCUT2D eigenvalue weighted by Gasteiger charge is 2.44. The molecule has 0 aromatic heterocycles. The maximum atomic E-state index is 13.3. The largest absolute Gasteiger partial charge is 0.379 e. The van der Waals surface area contributed by atoms with E-state index in [1.807, 2.05) is 0 Å². The zero-order valence-corrected chi connectivity index (χ0v) is 20.8. The van der Waals surface area contributed by atoms with E-state index in [0.717, 1.165) is 32.1 Å². The number of benzene rings is 1. The van der Waals surface area contributed by atoms with Crippen molar-refractivity contribution in [2.75, 3.05) is 13.2 Å². The molecule has 0 unspecified atom stereocenters. The molecule has 0 spiro atoms. The fraction of sp³-hybridized carbons (Fsp3) is 0.704. The van der Waals surface area contributed by atoms with E-state index >= 15 is 0 Å². The molecule has 4 nitrogen and oxygen atoms in total. The number of hydrogen-bond acceptors (Lipinski definition) is 3. The van der Waals surface area contributed by atoms with Crippen LogP contribution < -0.4 is 0 Å². The Labute approximate surface area is 195 Å². The summed E-state index contributed by atoms with van der Waals surface area (Å²) in [4.78, 5) is 15.5. The molecule has 5 heteroatoms. The highest BCUT2D eigenvalue weighted by molar-refractivity contribution is 6.71. The van der Waals surface area contributed by atoms with Crippen molar-refractivity contribution in [1.29, 1.82) is 5.26 Å². The fourth-order valence-electron chi connectivity index (χ4n) is 5.22. The molecule has 0 saturated heterocycles. The van der Waals surface area contributed by atoms with Crippen molar-refractivity contribution in [3.63, 3.8) is 0 Å². The van der Waals surface area contributed by atoms with Crippen LogP contribution in [0, 0.1) is 18.2 Å². The number of nitriles is 1. The quantitative estimate of drug-likeness (QED) is 0.400. The summed E-state index contributed by atoms with van der Waals surface area (Å²) in [6.07, 6.45) is 8.25. The summed E-state index contributed by atoms with van der Waals surface area (Å²) in [7, 11) is 0. The molecule has 2 aliphatic rings. The number of carbonyl (C=O) groups is 1. The Kier molecular flexibility index (Phi) is 8.09. The third-order valence-corrected chi connectivity index (χ3v) is 7.64. The molecular weight excluding hydrogens is 395 g/mol. The third-order valence-electron chi connectivity index (χ3n) is 7.64. The SMILES string of the molecule is Cc1ccc(CCC(=O)N(C2CCC2)C(C)(C)COCC(C)(C)B(C#N)C2CCC2)cc1. The van der Waals surface area contributed by atoms with Gasteiger partial charge >= 0.3 is 0 Å². The van der Waals surface area contributed by atoms with Gasteiger partial charge in [0.25, 0.3) is 6.71 Å². The van der Waals surface area contributed by atoms with Crippen LogP contribution in [0.15, 0.2) is 24.3 Å². The molecule has 1 aromatic rings. The number of hydrogen-bond donors (Lipinski definition) is 0. The predicted molar refractivity (Wildman–Crippen MR) is 132 cm³/mol. The second-order valence-corrected chi connectivity index (χ2v) is 11.4. The first-order chi connectivity index (χ1) is 15.1. The summed E-state index contributed by atoms with van der Waals surface area (Å²) in [6, 6.07) is 8.80. The average molecular weight is 436 g/mol. The molecule has 174 valence electrons. The van der Waals surface area contributed by atoms with E-state index in [4.69, 9.17) is 4.74 Å². The molecule has 2 aliphatic carbocycles.